The highest BCUT2D eigenvalue weighted by Gasteiger charge is 2.20. The highest BCUT2D eigenvalue weighted by molar-refractivity contribution is 4.73. The Hall–Kier alpha value is -0.160. The van der Waals surface area contributed by atoms with E-state index >= 15 is 0 Å². The summed E-state index contributed by atoms with van der Waals surface area (Å²) in [5, 5.41) is 0. The molecule has 0 saturated carbocycles. The second kappa shape index (κ2) is 11.4. The molecular weight excluding hydrogens is 276 g/mol. The molecule has 0 spiro atoms. The van der Waals surface area contributed by atoms with Crippen molar-refractivity contribution in [1.82, 2.24) is 9.80 Å². The third-order valence-corrected chi connectivity index (χ3v) is 4.77. The van der Waals surface area contributed by atoms with Crippen LogP contribution in [0.2, 0.25) is 0 Å². The number of ether oxygens (including phenoxy) is 2. The van der Waals surface area contributed by atoms with Crippen LogP contribution in [0.15, 0.2) is 0 Å². The lowest BCUT2D eigenvalue weighted by Crippen LogP contribution is -2.39. The molecule has 0 unspecified atom stereocenters. The van der Waals surface area contributed by atoms with Crippen LogP contribution in [0.5, 0.6) is 0 Å². The minimum absolute atomic E-state index is 0.682. The van der Waals surface area contributed by atoms with E-state index in [-0.39, 0.29) is 0 Å². The summed E-state index contributed by atoms with van der Waals surface area (Å²) in [6, 6.07) is 1.40. The molecule has 0 aromatic carbocycles. The molecule has 0 radical (unpaired) electrons. The number of hydrogen-bond acceptors (Lipinski definition) is 4. The molecule has 0 aromatic heterocycles. The van der Waals surface area contributed by atoms with E-state index in [4.69, 9.17) is 9.47 Å². The maximum absolute atomic E-state index is 5.33. The van der Waals surface area contributed by atoms with E-state index in [2.05, 4.69) is 37.5 Å². The highest BCUT2D eigenvalue weighted by atomic mass is 16.5. The molecule has 0 bridgehead atoms. The lowest BCUT2D eigenvalue weighted by atomic mass is 9.97. The molecule has 132 valence electrons. The van der Waals surface area contributed by atoms with Crippen molar-refractivity contribution in [2.24, 2.45) is 5.92 Å². The average molecular weight is 315 g/mol. The van der Waals surface area contributed by atoms with Gasteiger partial charge >= 0.3 is 0 Å². The van der Waals surface area contributed by atoms with E-state index in [0.717, 1.165) is 32.3 Å². The number of piperidine rings is 1. The number of nitrogens with zero attached hydrogens (tertiary/aromatic N) is 2. The van der Waals surface area contributed by atoms with E-state index in [9.17, 15) is 0 Å². The Kier molecular flexibility index (Phi) is 10.3. The van der Waals surface area contributed by atoms with E-state index in [1.807, 2.05) is 0 Å². The molecule has 0 aromatic rings. The maximum Gasteiger partial charge on any atom is 0.0593 e. The van der Waals surface area contributed by atoms with E-state index in [0.29, 0.717) is 12.1 Å². The van der Waals surface area contributed by atoms with Gasteiger partial charge in [0.1, 0.15) is 0 Å². The summed E-state index contributed by atoms with van der Waals surface area (Å²) in [6.07, 6.45) is 3.82. The van der Waals surface area contributed by atoms with Gasteiger partial charge in [0.15, 0.2) is 0 Å². The molecule has 2 fully saturated rings. The SMILES string of the molecule is CC(C)N1CCCOCC1.COCC1CCN(C(C)C)CC1. The second-order valence-corrected chi connectivity index (χ2v) is 7.12. The molecule has 4 nitrogen and oxygen atoms in total. The van der Waals surface area contributed by atoms with Crippen LogP contribution in [0.3, 0.4) is 0 Å². The van der Waals surface area contributed by atoms with Gasteiger partial charge in [-0.3, -0.25) is 4.90 Å². The van der Waals surface area contributed by atoms with Crippen molar-refractivity contribution in [2.75, 3.05) is 53.1 Å². The van der Waals surface area contributed by atoms with Crippen molar-refractivity contribution >= 4 is 0 Å². The monoisotopic (exact) mass is 314 g/mol. The van der Waals surface area contributed by atoms with Gasteiger partial charge in [-0.05, 0) is 66.0 Å². The Bertz CT molecular complexity index is 256. The Morgan fingerprint density at radius 3 is 2.05 bits per heavy atom. The zero-order chi connectivity index (χ0) is 16.4. The van der Waals surface area contributed by atoms with Gasteiger partial charge in [0.2, 0.25) is 0 Å². The molecule has 2 aliphatic rings. The molecule has 0 aliphatic carbocycles. The first-order chi connectivity index (χ1) is 10.5. The Morgan fingerprint density at radius 1 is 0.909 bits per heavy atom. The van der Waals surface area contributed by atoms with Crippen LogP contribution >= 0.6 is 0 Å². The lowest BCUT2D eigenvalue weighted by Gasteiger charge is -2.34. The van der Waals surface area contributed by atoms with Crippen molar-refractivity contribution in [2.45, 2.75) is 59.0 Å². The van der Waals surface area contributed by atoms with Crippen molar-refractivity contribution in [1.29, 1.82) is 0 Å². The first-order valence-corrected chi connectivity index (χ1v) is 9.09. The average Bonchev–Trinajstić information content (AvgIpc) is 2.78. The van der Waals surface area contributed by atoms with Crippen molar-refractivity contribution in [3.63, 3.8) is 0 Å². The largest absolute Gasteiger partial charge is 0.384 e. The summed E-state index contributed by atoms with van der Waals surface area (Å²) in [7, 11) is 1.80. The van der Waals surface area contributed by atoms with Gasteiger partial charge in [0.25, 0.3) is 0 Å². The second-order valence-electron chi connectivity index (χ2n) is 7.12. The predicted octanol–water partition coefficient (Wildman–Crippen LogP) is 2.87. The van der Waals surface area contributed by atoms with E-state index in [1.54, 1.807) is 7.11 Å². The topological polar surface area (TPSA) is 24.9 Å². The quantitative estimate of drug-likeness (QED) is 0.796. The first kappa shape index (κ1) is 19.9. The Morgan fingerprint density at radius 2 is 1.50 bits per heavy atom. The normalized spacial score (nSPS) is 22.5. The van der Waals surface area contributed by atoms with Crippen molar-refractivity contribution in [3.8, 4) is 0 Å². The molecule has 0 atom stereocenters. The standard InChI is InChI=1S/C10H21NO.C8H17NO/c1-9(2)11-6-4-10(5-7-11)8-12-3;1-8(2)9-4-3-6-10-7-5-9/h9-10H,4-8H2,1-3H3;8H,3-7H2,1-2H3. The summed E-state index contributed by atoms with van der Waals surface area (Å²) in [5.41, 5.74) is 0. The lowest BCUT2D eigenvalue weighted by molar-refractivity contribution is 0.0870. The zero-order valence-electron chi connectivity index (χ0n) is 15.5. The van der Waals surface area contributed by atoms with Crippen molar-refractivity contribution in [3.05, 3.63) is 0 Å². The van der Waals surface area contributed by atoms with Crippen LogP contribution < -0.4 is 0 Å². The third-order valence-electron chi connectivity index (χ3n) is 4.77. The fraction of sp³-hybridized carbons (Fsp3) is 1.00. The van der Waals surface area contributed by atoms with Gasteiger partial charge in [-0.25, -0.2) is 0 Å². The number of likely N-dealkylation sites (tertiary alicyclic amines) is 1. The first-order valence-electron chi connectivity index (χ1n) is 9.09. The molecule has 0 N–H and O–H groups in total. The minimum Gasteiger partial charge on any atom is -0.384 e. The molecule has 2 heterocycles. The van der Waals surface area contributed by atoms with Gasteiger partial charge in [-0.2, -0.15) is 0 Å². The molecule has 4 heteroatoms. The van der Waals surface area contributed by atoms with Crippen LogP contribution in [-0.4, -0.2) is 75.0 Å². The molecule has 2 saturated heterocycles. The van der Waals surface area contributed by atoms with Crippen LogP contribution in [0.1, 0.15) is 47.0 Å². The summed E-state index contributed by atoms with van der Waals surface area (Å²) in [5.74, 6) is 0.810. The van der Waals surface area contributed by atoms with E-state index < -0.39 is 0 Å². The number of hydrogen-bond donors (Lipinski definition) is 0. The smallest absolute Gasteiger partial charge is 0.0593 e. The summed E-state index contributed by atoms with van der Waals surface area (Å²) < 4.78 is 10.5. The van der Waals surface area contributed by atoms with Crippen molar-refractivity contribution < 1.29 is 9.47 Å². The minimum atomic E-state index is 0.682. The molecule has 2 rings (SSSR count). The highest BCUT2D eigenvalue weighted by Crippen LogP contribution is 2.18. The molecule has 2 aliphatic heterocycles. The predicted molar refractivity (Wildman–Crippen MR) is 93.5 cm³/mol. The van der Waals surface area contributed by atoms with Gasteiger partial charge < -0.3 is 14.4 Å². The molecule has 0 amide bonds. The van der Waals surface area contributed by atoms with E-state index in [1.165, 1.54) is 38.9 Å². The van der Waals surface area contributed by atoms with Gasteiger partial charge in [0.05, 0.1) is 6.61 Å². The number of rotatable bonds is 4. The van der Waals surface area contributed by atoms with Crippen LogP contribution in [0.4, 0.5) is 0 Å². The zero-order valence-corrected chi connectivity index (χ0v) is 15.5. The van der Waals surface area contributed by atoms with Gasteiger partial charge in [0, 0.05) is 45.5 Å². The van der Waals surface area contributed by atoms with Gasteiger partial charge in [-0.1, -0.05) is 0 Å². The third kappa shape index (κ3) is 7.91. The number of methoxy groups -OCH3 is 1. The Balaban J connectivity index is 0.000000224. The fourth-order valence-electron chi connectivity index (χ4n) is 3.15. The molecular formula is C18H38N2O2. The van der Waals surface area contributed by atoms with Crippen LogP contribution in [-0.2, 0) is 9.47 Å². The summed E-state index contributed by atoms with van der Waals surface area (Å²) in [4.78, 5) is 5.01. The Labute approximate surface area is 138 Å². The summed E-state index contributed by atoms with van der Waals surface area (Å²) >= 11 is 0. The fourth-order valence-corrected chi connectivity index (χ4v) is 3.15. The summed E-state index contributed by atoms with van der Waals surface area (Å²) in [6.45, 7) is 16.7. The molecule has 22 heavy (non-hydrogen) atoms. The van der Waals surface area contributed by atoms with Crippen LogP contribution in [0, 0.1) is 5.92 Å². The van der Waals surface area contributed by atoms with Crippen LogP contribution in [0.25, 0.3) is 0 Å². The van der Waals surface area contributed by atoms with Gasteiger partial charge in [-0.15, -0.1) is 0 Å². The maximum atomic E-state index is 5.33.